The molecule has 0 bridgehead atoms. The van der Waals surface area contributed by atoms with E-state index in [1.54, 1.807) is 47.6 Å². The molecule has 0 spiro atoms. The Balaban J connectivity index is 1.76. The minimum absolute atomic E-state index is 0.136. The third kappa shape index (κ3) is 4.98. The third-order valence-electron chi connectivity index (χ3n) is 3.60. The number of ketones is 1. The maximum absolute atomic E-state index is 12.9. The van der Waals surface area contributed by atoms with Crippen LogP contribution in [0.25, 0.3) is 11.3 Å². The summed E-state index contributed by atoms with van der Waals surface area (Å²) in [6.07, 6.45) is 4.64. The monoisotopic (exact) mass is 363 g/mol. The van der Waals surface area contributed by atoms with Crippen molar-refractivity contribution in [2.45, 2.75) is 0 Å². The molecule has 0 atom stereocenters. The molecule has 0 radical (unpaired) electrons. The molecule has 0 N–H and O–H groups in total. The maximum atomic E-state index is 12.9. The van der Waals surface area contributed by atoms with E-state index in [9.17, 15) is 9.18 Å². The van der Waals surface area contributed by atoms with Crippen LogP contribution in [0.15, 0.2) is 73.1 Å². The lowest BCUT2D eigenvalue weighted by Gasteiger charge is -2.07. The Labute approximate surface area is 156 Å². The molecule has 0 fully saturated rings. The molecule has 3 rings (SSSR count). The first-order valence-corrected chi connectivity index (χ1v) is 8.27. The zero-order chi connectivity index (χ0) is 19.2. The number of carbonyl (C=O) groups excluding carboxylic acids is 1. The molecule has 136 valence electrons. The van der Waals surface area contributed by atoms with E-state index in [0.717, 1.165) is 5.56 Å². The van der Waals surface area contributed by atoms with Crippen LogP contribution >= 0.6 is 0 Å². The molecule has 0 aliphatic carbocycles. The van der Waals surface area contributed by atoms with Gasteiger partial charge in [-0.25, -0.2) is 14.4 Å². The molecule has 1 heterocycles. The minimum Gasteiger partial charge on any atom is -0.457 e. The van der Waals surface area contributed by atoms with Crippen LogP contribution in [0.1, 0.15) is 10.6 Å². The Morgan fingerprint density at radius 3 is 2.26 bits per heavy atom. The molecule has 0 saturated carbocycles. The van der Waals surface area contributed by atoms with Gasteiger partial charge in [-0.2, -0.15) is 0 Å². The fourth-order valence-electron chi connectivity index (χ4n) is 2.26. The van der Waals surface area contributed by atoms with Crippen molar-refractivity contribution in [3.8, 4) is 22.8 Å². The second kappa shape index (κ2) is 8.23. The number of rotatable bonds is 6. The van der Waals surface area contributed by atoms with Crippen molar-refractivity contribution in [3.63, 3.8) is 0 Å². The number of benzene rings is 2. The van der Waals surface area contributed by atoms with Crippen LogP contribution in [-0.2, 0) is 0 Å². The summed E-state index contributed by atoms with van der Waals surface area (Å²) >= 11 is 0. The summed E-state index contributed by atoms with van der Waals surface area (Å²) in [6.45, 7) is 0. The fraction of sp³-hybridized carbons (Fsp3) is 0.0952. The second-order valence-corrected chi connectivity index (χ2v) is 5.99. The number of aromatic nitrogens is 2. The van der Waals surface area contributed by atoms with E-state index in [1.807, 2.05) is 26.2 Å². The van der Waals surface area contributed by atoms with E-state index >= 15 is 0 Å². The van der Waals surface area contributed by atoms with Gasteiger partial charge in [0, 0.05) is 38.1 Å². The van der Waals surface area contributed by atoms with Crippen LogP contribution in [-0.4, -0.2) is 34.7 Å². The van der Waals surface area contributed by atoms with Gasteiger partial charge >= 0.3 is 0 Å². The van der Waals surface area contributed by atoms with E-state index < -0.39 is 0 Å². The highest BCUT2D eigenvalue weighted by Gasteiger charge is 2.08. The number of carbonyl (C=O) groups is 1. The number of allylic oxidation sites excluding steroid dienone is 1. The molecule has 6 heteroatoms. The van der Waals surface area contributed by atoms with Gasteiger partial charge in [0.05, 0.1) is 5.69 Å². The standard InChI is InChI=1S/C21H18FN3O2/c1-25(2)14-12-20(26)21-23-13-11-19(24-21)15-3-7-17(8-4-15)27-18-9-5-16(22)6-10-18/h3-14H,1-2H3. The molecule has 0 aliphatic heterocycles. The smallest absolute Gasteiger partial charge is 0.224 e. The largest absolute Gasteiger partial charge is 0.457 e. The molecule has 0 aliphatic rings. The first-order chi connectivity index (χ1) is 13.0. The van der Waals surface area contributed by atoms with E-state index in [-0.39, 0.29) is 17.4 Å². The number of nitrogens with zero attached hydrogens (tertiary/aromatic N) is 3. The highest BCUT2D eigenvalue weighted by Crippen LogP contribution is 2.25. The first-order valence-electron chi connectivity index (χ1n) is 8.27. The van der Waals surface area contributed by atoms with E-state index in [2.05, 4.69) is 9.97 Å². The summed E-state index contributed by atoms with van der Waals surface area (Å²) in [6, 6.07) is 14.8. The predicted octanol–water partition coefficient (Wildman–Crippen LogP) is 4.33. The van der Waals surface area contributed by atoms with Crippen molar-refractivity contribution in [2.75, 3.05) is 14.1 Å². The molecule has 0 saturated heterocycles. The van der Waals surface area contributed by atoms with E-state index in [0.29, 0.717) is 17.2 Å². The third-order valence-corrected chi connectivity index (χ3v) is 3.60. The molecular formula is C21H18FN3O2. The summed E-state index contributed by atoms with van der Waals surface area (Å²) in [4.78, 5) is 22.3. The number of hydrogen-bond donors (Lipinski definition) is 0. The molecule has 1 aromatic heterocycles. The Hall–Kier alpha value is -3.54. The Kier molecular flexibility index (Phi) is 5.56. The van der Waals surface area contributed by atoms with Crippen molar-refractivity contribution in [1.29, 1.82) is 0 Å². The average Bonchev–Trinajstić information content (AvgIpc) is 2.68. The Bertz CT molecular complexity index is 952. The Morgan fingerprint density at radius 1 is 1.00 bits per heavy atom. The number of ether oxygens (including phenoxy) is 1. The van der Waals surface area contributed by atoms with Crippen molar-refractivity contribution in [1.82, 2.24) is 14.9 Å². The van der Waals surface area contributed by atoms with Crippen LogP contribution < -0.4 is 4.74 Å². The summed E-state index contributed by atoms with van der Waals surface area (Å²) in [5.41, 5.74) is 1.47. The zero-order valence-corrected chi connectivity index (χ0v) is 15.0. The van der Waals surface area contributed by atoms with Crippen molar-refractivity contribution >= 4 is 5.78 Å². The molecule has 0 amide bonds. The summed E-state index contributed by atoms with van der Waals surface area (Å²) < 4.78 is 18.6. The minimum atomic E-state index is -0.313. The van der Waals surface area contributed by atoms with Gasteiger partial charge < -0.3 is 9.64 Å². The quantitative estimate of drug-likeness (QED) is 0.482. The van der Waals surface area contributed by atoms with E-state index in [4.69, 9.17) is 4.74 Å². The van der Waals surface area contributed by atoms with Gasteiger partial charge in [-0.15, -0.1) is 0 Å². The van der Waals surface area contributed by atoms with Gasteiger partial charge in [0.2, 0.25) is 11.6 Å². The molecule has 0 unspecified atom stereocenters. The van der Waals surface area contributed by atoms with Crippen LogP contribution in [0.5, 0.6) is 11.5 Å². The maximum Gasteiger partial charge on any atom is 0.224 e. The van der Waals surface area contributed by atoms with Gasteiger partial charge in [-0.1, -0.05) is 0 Å². The molecule has 3 aromatic rings. The van der Waals surface area contributed by atoms with Gasteiger partial charge in [-0.05, 0) is 54.6 Å². The van der Waals surface area contributed by atoms with Crippen LogP contribution in [0.4, 0.5) is 4.39 Å². The molecule has 27 heavy (non-hydrogen) atoms. The molecule has 2 aromatic carbocycles. The van der Waals surface area contributed by atoms with Gasteiger partial charge in [-0.3, -0.25) is 4.79 Å². The van der Waals surface area contributed by atoms with Crippen LogP contribution in [0.2, 0.25) is 0 Å². The van der Waals surface area contributed by atoms with Crippen molar-refractivity contribution in [2.24, 2.45) is 0 Å². The summed E-state index contributed by atoms with van der Waals surface area (Å²) in [5, 5.41) is 0. The number of halogens is 1. The Morgan fingerprint density at radius 2 is 1.63 bits per heavy atom. The lowest BCUT2D eigenvalue weighted by atomic mass is 10.1. The zero-order valence-electron chi connectivity index (χ0n) is 15.0. The second-order valence-electron chi connectivity index (χ2n) is 5.99. The van der Waals surface area contributed by atoms with Crippen LogP contribution in [0.3, 0.4) is 0 Å². The van der Waals surface area contributed by atoms with Gasteiger partial charge in [0.15, 0.2) is 0 Å². The van der Waals surface area contributed by atoms with Crippen molar-refractivity contribution < 1.29 is 13.9 Å². The molecule has 5 nitrogen and oxygen atoms in total. The molecular weight excluding hydrogens is 345 g/mol. The lowest BCUT2D eigenvalue weighted by molar-refractivity contribution is 0.103. The number of hydrogen-bond acceptors (Lipinski definition) is 5. The summed E-state index contributed by atoms with van der Waals surface area (Å²) in [5.74, 6) is 0.725. The predicted molar refractivity (Wildman–Crippen MR) is 101 cm³/mol. The van der Waals surface area contributed by atoms with Crippen molar-refractivity contribution in [3.05, 3.63) is 84.7 Å². The average molecular weight is 363 g/mol. The lowest BCUT2D eigenvalue weighted by Crippen LogP contribution is -2.06. The summed E-state index contributed by atoms with van der Waals surface area (Å²) in [7, 11) is 3.66. The SMILES string of the molecule is CN(C)C=CC(=O)c1nccc(-c2ccc(Oc3ccc(F)cc3)cc2)n1. The fourth-order valence-corrected chi connectivity index (χ4v) is 2.26. The van der Waals surface area contributed by atoms with Crippen LogP contribution in [0, 0.1) is 5.82 Å². The van der Waals surface area contributed by atoms with E-state index in [1.165, 1.54) is 18.2 Å². The first kappa shape index (κ1) is 18.3. The van der Waals surface area contributed by atoms with Gasteiger partial charge in [0.1, 0.15) is 17.3 Å². The normalized spacial score (nSPS) is 10.8. The highest BCUT2D eigenvalue weighted by molar-refractivity contribution is 6.01. The van der Waals surface area contributed by atoms with Gasteiger partial charge in [0.25, 0.3) is 0 Å². The topological polar surface area (TPSA) is 55.3 Å². The highest BCUT2D eigenvalue weighted by atomic mass is 19.1.